The van der Waals surface area contributed by atoms with Crippen molar-refractivity contribution in [1.82, 2.24) is 9.78 Å². The third kappa shape index (κ3) is 3.20. The maximum Gasteiger partial charge on any atom is 0.507 e. The van der Waals surface area contributed by atoms with Gasteiger partial charge in [-0.3, -0.25) is 4.68 Å². The van der Waals surface area contributed by atoms with E-state index < -0.39 is 7.12 Å². The van der Waals surface area contributed by atoms with Crippen LogP contribution in [0.3, 0.4) is 0 Å². The number of hydrogen-bond donors (Lipinski definition) is 2. The van der Waals surface area contributed by atoms with Crippen LogP contribution >= 0.6 is 0 Å². The first-order valence-electron chi connectivity index (χ1n) is 4.52. The fourth-order valence-corrected chi connectivity index (χ4v) is 0.960. The summed E-state index contributed by atoms with van der Waals surface area (Å²) in [6.45, 7) is 7.86. The molecule has 0 aliphatic rings. The van der Waals surface area contributed by atoms with Crippen LogP contribution in [0, 0.1) is 0 Å². The summed E-state index contributed by atoms with van der Waals surface area (Å²) < 4.78 is 1.57. The lowest BCUT2D eigenvalue weighted by molar-refractivity contribution is 0.416. The van der Waals surface area contributed by atoms with E-state index in [-0.39, 0.29) is 6.04 Å². The van der Waals surface area contributed by atoms with Crippen LogP contribution in [0.4, 0.5) is 0 Å². The van der Waals surface area contributed by atoms with Crippen molar-refractivity contribution >= 4 is 12.7 Å². The summed E-state index contributed by atoms with van der Waals surface area (Å²) in [4.78, 5) is 0. The van der Waals surface area contributed by atoms with Crippen molar-refractivity contribution in [2.24, 2.45) is 0 Å². The monoisotopic (exact) mass is 184 g/mol. The molecule has 0 unspecified atom stereocenters. The lowest BCUT2D eigenvalue weighted by atomic mass is 9.86. The van der Waals surface area contributed by atoms with E-state index in [1.165, 1.54) is 0 Å². The molecule has 0 atom stereocenters. The van der Waals surface area contributed by atoms with E-state index in [2.05, 4.69) is 5.10 Å². The normalized spacial score (nSPS) is 9.46. The Hall–Kier alpha value is -0.805. The zero-order valence-electron chi connectivity index (χ0n) is 8.60. The Balaban J connectivity index is 0.000000671. The molecule has 0 bridgehead atoms. The van der Waals surface area contributed by atoms with Crippen molar-refractivity contribution in [2.45, 2.75) is 33.7 Å². The molecular formula is C8H17BN2O2. The molecular weight excluding hydrogens is 167 g/mol. The molecule has 0 aliphatic carbocycles. The lowest BCUT2D eigenvalue weighted by Gasteiger charge is -2.09. The van der Waals surface area contributed by atoms with Crippen LogP contribution in [0.2, 0.25) is 0 Å². The molecule has 1 aromatic rings. The van der Waals surface area contributed by atoms with Gasteiger partial charge in [-0.05, 0) is 19.9 Å². The highest BCUT2D eigenvalue weighted by atomic mass is 16.4. The summed E-state index contributed by atoms with van der Waals surface area (Å²) >= 11 is 0. The van der Waals surface area contributed by atoms with Crippen LogP contribution in [0.25, 0.3) is 0 Å². The summed E-state index contributed by atoms with van der Waals surface area (Å²) in [5, 5.41) is 21.6. The highest BCUT2D eigenvalue weighted by Gasteiger charge is 2.17. The first-order valence-corrected chi connectivity index (χ1v) is 4.52. The van der Waals surface area contributed by atoms with Crippen LogP contribution in [0.5, 0.6) is 0 Å². The Labute approximate surface area is 79.4 Å². The smallest absolute Gasteiger partial charge is 0.422 e. The Morgan fingerprint density at radius 3 is 2.23 bits per heavy atom. The molecule has 0 aromatic carbocycles. The lowest BCUT2D eigenvalue weighted by Crippen LogP contribution is -2.37. The molecule has 2 N–H and O–H groups in total. The Morgan fingerprint density at radius 2 is 1.92 bits per heavy atom. The van der Waals surface area contributed by atoms with Crippen LogP contribution in [-0.4, -0.2) is 26.9 Å². The van der Waals surface area contributed by atoms with Gasteiger partial charge in [-0.2, -0.15) is 5.10 Å². The quantitative estimate of drug-likeness (QED) is 0.644. The van der Waals surface area contributed by atoms with Crippen molar-refractivity contribution in [3.05, 3.63) is 12.3 Å². The topological polar surface area (TPSA) is 58.3 Å². The van der Waals surface area contributed by atoms with Gasteiger partial charge in [-0.1, -0.05) is 13.8 Å². The Morgan fingerprint density at radius 1 is 1.38 bits per heavy atom. The predicted octanol–water partition coefficient (Wildman–Crippen LogP) is 0.170. The van der Waals surface area contributed by atoms with E-state index in [4.69, 9.17) is 10.0 Å². The number of nitrogens with zero attached hydrogens (tertiary/aromatic N) is 2. The summed E-state index contributed by atoms with van der Waals surface area (Å²) in [7, 11) is -1.43. The molecule has 0 aliphatic heterocycles. The first-order chi connectivity index (χ1) is 6.13. The highest BCUT2D eigenvalue weighted by molar-refractivity contribution is 6.57. The van der Waals surface area contributed by atoms with E-state index in [1.807, 2.05) is 27.7 Å². The van der Waals surface area contributed by atoms with Crippen LogP contribution in [-0.2, 0) is 0 Å². The summed E-state index contributed by atoms with van der Waals surface area (Å²) in [6, 6.07) is 1.74. The van der Waals surface area contributed by atoms with Crippen molar-refractivity contribution in [1.29, 1.82) is 0 Å². The van der Waals surface area contributed by atoms with Gasteiger partial charge in [0.05, 0.1) is 5.59 Å². The minimum absolute atomic E-state index is 0.154. The Bertz CT molecular complexity index is 213. The SMILES string of the molecule is CC.CC(C)n1nccc1B(O)O. The summed E-state index contributed by atoms with van der Waals surface area (Å²) in [6.07, 6.45) is 1.55. The van der Waals surface area contributed by atoms with E-state index in [0.717, 1.165) is 0 Å². The van der Waals surface area contributed by atoms with Crippen molar-refractivity contribution < 1.29 is 10.0 Å². The molecule has 0 saturated carbocycles. The molecule has 0 saturated heterocycles. The van der Waals surface area contributed by atoms with E-state index >= 15 is 0 Å². The van der Waals surface area contributed by atoms with Gasteiger partial charge in [0.1, 0.15) is 0 Å². The number of aromatic nitrogens is 2. The largest absolute Gasteiger partial charge is 0.507 e. The first kappa shape index (κ1) is 12.2. The molecule has 4 nitrogen and oxygen atoms in total. The zero-order valence-corrected chi connectivity index (χ0v) is 8.60. The fraction of sp³-hybridized carbons (Fsp3) is 0.625. The predicted molar refractivity (Wildman–Crippen MR) is 53.8 cm³/mol. The minimum Gasteiger partial charge on any atom is -0.422 e. The van der Waals surface area contributed by atoms with Crippen LogP contribution in [0.1, 0.15) is 33.7 Å². The second-order valence-electron chi connectivity index (χ2n) is 2.67. The van der Waals surface area contributed by atoms with Gasteiger partial charge in [-0.25, -0.2) is 0 Å². The molecule has 13 heavy (non-hydrogen) atoms. The van der Waals surface area contributed by atoms with Crippen molar-refractivity contribution in [3.8, 4) is 0 Å². The van der Waals surface area contributed by atoms with E-state index in [9.17, 15) is 0 Å². The second kappa shape index (κ2) is 5.77. The summed E-state index contributed by atoms with van der Waals surface area (Å²) in [5.74, 6) is 0. The zero-order chi connectivity index (χ0) is 10.4. The minimum atomic E-state index is -1.43. The van der Waals surface area contributed by atoms with Crippen molar-refractivity contribution in [3.63, 3.8) is 0 Å². The van der Waals surface area contributed by atoms with Gasteiger partial charge in [0.25, 0.3) is 0 Å². The number of rotatable bonds is 2. The standard InChI is InChI=1S/C6H11BN2O2.C2H6/c1-5(2)9-6(7(10)11)3-4-8-9;1-2/h3-5,10-11H,1-2H3;1-2H3. The number of hydrogen-bond acceptors (Lipinski definition) is 3. The maximum atomic E-state index is 8.84. The third-order valence-corrected chi connectivity index (χ3v) is 1.45. The van der Waals surface area contributed by atoms with Gasteiger partial charge in [-0.15, -0.1) is 0 Å². The van der Waals surface area contributed by atoms with Crippen LogP contribution in [0.15, 0.2) is 12.3 Å². The maximum absolute atomic E-state index is 8.84. The molecule has 0 fully saturated rings. The molecule has 5 heteroatoms. The van der Waals surface area contributed by atoms with Gasteiger partial charge in [0.2, 0.25) is 0 Å². The molecule has 0 amide bonds. The average Bonchev–Trinajstić information content (AvgIpc) is 2.55. The molecule has 0 radical (unpaired) electrons. The van der Waals surface area contributed by atoms with Crippen molar-refractivity contribution in [2.75, 3.05) is 0 Å². The van der Waals surface area contributed by atoms with Gasteiger partial charge in [0, 0.05) is 12.2 Å². The third-order valence-electron chi connectivity index (χ3n) is 1.45. The molecule has 1 rings (SSSR count). The van der Waals surface area contributed by atoms with E-state index in [0.29, 0.717) is 5.59 Å². The highest BCUT2D eigenvalue weighted by Crippen LogP contribution is 1.98. The Kier molecular flexibility index (Phi) is 5.42. The molecule has 1 heterocycles. The van der Waals surface area contributed by atoms with Gasteiger partial charge >= 0.3 is 7.12 Å². The fourth-order valence-electron chi connectivity index (χ4n) is 0.960. The van der Waals surface area contributed by atoms with Crippen LogP contribution < -0.4 is 5.59 Å². The van der Waals surface area contributed by atoms with Gasteiger partial charge in [0.15, 0.2) is 0 Å². The summed E-state index contributed by atoms with van der Waals surface area (Å²) in [5.41, 5.74) is 0.431. The molecule has 0 spiro atoms. The van der Waals surface area contributed by atoms with E-state index in [1.54, 1.807) is 16.9 Å². The van der Waals surface area contributed by atoms with Gasteiger partial charge < -0.3 is 10.0 Å². The second-order valence-corrected chi connectivity index (χ2v) is 2.67. The molecule has 74 valence electrons. The molecule has 1 aromatic heterocycles. The average molecular weight is 184 g/mol.